The molecule has 0 radical (unpaired) electrons. The first-order valence-corrected chi connectivity index (χ1v) is 4.03. The van der Waals surface area contributed by atoms with Crippen LogP contribution in [0, 0.1) is 0 Å². The van der Waals surface area contributed by atoms with Crippen LogP contribution < -0.4 is 16.8 Å². The van der Waals surface area contributed by atoms with Crippen molar-refractivity contribution in [1.82, 2.24) is 15.1 Å². The highest BCUT2D eigenvalue weighted by Crippen LogP contribution is 2.06. The summed E-state index contributed by atoms with van der Waals surface area (Å²) in [7, 11) is 0. The summed E-state index contributed by atoms with van der Waals surface area (Å²) in [6, 6.07) is 1.66. The predicted octanol–water partition coefficient (Wildman–Crippen LogP) is -0.343. The molecule has 5 nitrogen and oxygen atoms in total. The van der Waals surface area contributed by atoms with Gasteiger partial charge in [0.2, 0.25) is 0 Å². The maximum Gasteiger partial charge on any atom is 0.147 e. The molecule has 1 heterocycles. The third-order valence-corrected chi connectivity index (χ3v) is 1.58. The van der Waals surface area contributed by atoms with E-state index in [9.17, 15) is 0 Å². The van der Waals surface area contributed by atoms with Crippen molar-refractivity contribution in [2.75, 3.05) is 24.6 Å². The van der Waals surface area contributed by atoms with E-state index in [2.05, 4.69) is 17.3 Å². The van der Waals surface area contributed by atoms with Crippen molar-refractivity contribution in [3.63, 3.8) is 0 Å². The number of hydrogen-bond acceptors (Lipinski definition) is 4. The van der Waals surface area contributed by atoms with Gasteiger partial charge in [-0.3, -0.25) is 0 Å². The van der Waals surface area contributed by atoms with Crippen LogP contribution in [0.4, 0.5) is 11.6 Å². The predicted molar refractivity (Wildman–Crippen MR) is 49.6 cm³/mol. The molecule has 0 aromatic carbocycles. The highest BCUT2D eigenvalue weighted by atomic mass is 15.3. The molecule has 12 heavy (non-hydrogen) atoms. The van der Waals surface area contributed by atoms with Crippen molar-refractivity contribution in [3.8, 4) is 0 Å². The van der Waals surface area contributed by atoms with Gasteiger partial charge in [0.15, 0.2) is 0 Å². The van der Waals surface area contributed by atoms with E-state index in [1.54, 1.807) is 10.7 Å². The van der Waals surface area contributed by atoms with Crippen LogP contribution in [0.25, 0.3) is 0 Å². The van der Waals surface area contributed by atoms with Crippen LogP contribution in [0.1, 0.15) is 6.92 Å². The second-order valence-electron chi connectivity index (χ2n) is 2.57. The molecule has 0 aliphatic carbocycles. The Morgan fingerprint density at radius 3 is 2.83 bits per heavy atom. The third kappa shape index (κ3) is 2.13. The SMILES string of the molecule is CCNCCn1nc(N)cc1N. The van der Waals surface area contributed by atoms with Gasteiger partial charge >= 0.3 is 0 Å². The number of nitrogen functional groups attached to an aromatic ring is 2. The van der Waals surface area contributed by atoms with Crippen LogP contribution in [0.5, 0.6) is 0 Å². The zero-order valence-corrected chi connectivity index (χ0v) is 7.25. The number of anilines is 2. The lowest BCUT2D eigenvalue weighted by Gasteiger charge is -2.03. The molecule has 0 unspecified atom stereocenters. The topological polar surface area (TPSA) is 81.9 Å². The van der Waals surface area contributed by atoms with Crippen LogP contribution in [0.15, 0.2) is 6.07 Å². The molecule has 0 saturated carbocycles. The maximum atomic E-state index is 5.62. The Morgan fingerprint density at radius 1 is 1.58 bits per heavy atom. The molecule has 0 fully saturated rings. The number of likely N-dealkylation sites (N-methyl/N-ethyl adjacent to an activating group) is 1. The van der Waals surface area contributed by atoms with Gasteiger partial charge in [-0.2, -0.15) is 5.10 Å². The number of hydrogen-bond donors (Lipinski definition) is 3. The van der Waals surface area contributed by atoms with Gasteiger partial charge in [-0.25, -0.2) is 4.68 Å². The zero-order valence-electron chi connectivity index (χ0n) is 7.25. The van der Waals surface area contributed by atoms with E-state index >= 15 is 0 Å². The van der Waals surface area contributed by atoms with Gasteiger partial charge in [-0.05, 0) is 6.54 Å². The molecule has 1 rings (SSSR count). The quantitative estimate of drug-likeness (QED) is 0.538. The summed E-state index contributed by atoms with van der Waals surface area (Å²) >= 11 is 0. The van der Waals surface area contributed by atoms with Crippen LogP contribution in [0.2, 0.25) is 0 Å². The lowest BCUT2D eigenvalue weighted by Crippen LogP contribution is -2.20. The Morgan fingerprint density at radius 2 is 2.33 bits per heavy atom. The van der Waals surface area contributed by atoms with E-state index in [1.165, 1.54) is 0 Å². The van der Waals surface area contributed by atoms with Crippen LogP contribution in [-0.2, 0) is 6.54 Å². The average Bonchev–Trinajstić information content (AvgIpc) is 2.31. The van der Waals surface area contributed by atoms with Gasteiger partial charge in [0, 0.05) is 12.6 Å². The first-order chi connectivity index (χ1) is 5.74. The first-order valence-electron chi connectivity index (χ1n) is 4.03. The van der Waals surface area contributed by atoms with Gasteiger partial charge in [0.1, 0.15) is 11.6 Å². The van der Waals surface area contributed by atoms with E-state index in [0.29, 0.717) is 11.6 Å². The molecule has 0 aliphatic rings. The summed E-state index contributed by atoms with van der Waals surface area (Å²) in [5.41, 5.74) is 11.1. The summed E-state index contributed by atoms with van der Waals surface area (Å²) < 4.78 is 1.69. The summed E-state index contributed by atoms with van der Waals surface area (Å²) in [5.74, 6) is 1.09. The van der Waals surface area contributed by atoms with Gasteiger partial charge in [0.25, 0.3) is 0 Å². The van der Waals surface area contributed by atoms with Crippen LogP contribution in [0.3, 0.4) is 0 Å². The van der Waals surface area contributed by atoms with E-state index < -0.39 is 0 Å². The molecule has 0 bridgehead atoms. The summed E-state index contributed by atoms with van der Waals surface area (Å²) in [4.78, 5) is 0. The van der Waals surface area contributed by atoms with Crippen LogP contribution >= 0.6 is 0 Å². The van der Waals surface area contributed by atoms with Crippen molar-refractivity contribution >= 4 is 11.6 Å². The Kier molecular flexibility index (Phi) is 2.93. The smallest absolute Gasteiger partial charge is 0.147 e. The summed E-state index contributed by atoms with van der Waals surface area (Å²) in [6.07, 6.45) is 0. The third-order valence-electron chi connectivity index (χ3n) is 1.58. The number of rotatable bonds is 4. The molecule has 5 N–H and O–H groups in total. The second kappa shape index (κ2) is 3.96. The molecule has 0 amide bonds. The minimum atomic E-state index is 0.476. The number of aromatic nitrogens is 2. The van der Waals surface area contributed by atoms with E-state index in [1.807, 2.05) is 0 Å². The first kappa shape index (κ1) is 8.86. The van der Waals surface area contributed by atoms with Crippen molar-refractivity contribution in [2.45, 2.75) is 13.5 Å². The minimum absolute atomic E-state index is 0.476. The molecular formula is C7H15N5. The van der Waals surface area contributed by atoms with Crippen molar-refractivity contribution in [1.29, 1.82) is 0 Å². The normalized spacial score (nSPS) is 10.4. The molecule has 5 heteroatoms. The van der Waals surface area contributed by atoms with Gasteiger partial charge in [0.05, 0.1) is 6.54 Å². The van der Waals surface area contributed by atoms with E-state index in [-0.39, 0.29) is 0 Å². The second-order valence-corrected chi connectivity index (χ2v) is 2.57. The van der Waals surface area contributed by atoms with Crippen molar-refractivity contribution in [3.05, 3.63) is 6.07 Å². The molecule has 0 saturated heterocycles. The van der Waals surface area contributed by atoms with Crippen LogP contribution in [-0.4, -0.2) is 22.9 Å². The van der Waals surface area contributed by atoms with Gasteiger partial charge in [-0.15, -0.1) is 0 Å². The zero-order chi connectivity index (χ0) is 8.97. The fourth-order valence-corrected chi connectivity index (χ4v) is 0.993. The van der Waals surface area contributed by atoms with Gasteiger partial charge in [-0.1, -0.05) is 6.92 Å². The lowest BCUT2D eigenvalue weighted by atomic mass is 10.5. The molecule has 1 aromatic heterocycles. The summed E-state index contributed by atoms with van der Waals surface area (Å²) in [5, 5.41) is 7.19. The molecule has 0 aliphatic heterocycles. The summed E-state index contributed by atoms with van der Waals surface area (Å²) in [6.45, 7) is 4.64. The molecule has 1 aromatic rings. The van der Waals surface area contributed by atoms with Crippen molar-refractivity contribution in [2.24, 2.45) is 0 Å². The average molecular weight is 169 g/mol. The molecular weight excluding hydrogens is 154 g/mol. The highest BCUT2D eigenvalue weighted by molar-refractivity contribution is 5.41. The fraction of sp³-hybridized carbons (Fsp3) is 0.571. The molecule has 0 spiro atoms. The maximum absolute atomic E-state index is 5.62. The Balaban J connectivity index is 2.45. The minimum Gasteiger partial charge on any atom is -0.384 e. The van der Waals surface area contributed by atoms with E-state index in [4.69, 9.17) is 11.5 Å². The molecule has 68 valence electrons. The Labute approximate surface area is 71.7 Å². The largest absolute Gasteiger partial charge is 0.384 e. The van der Waals surface area contributed by atoms with Gasteiger partial charge < -0.3 is 16.8 Å². The monoisotopic (exact) mass is 169 g/mol. The number of nitrogens with one attached hydrogen (secondary N) is 1. The standard InChI is InChI=1S/C7H15N5/c1-2-10-3-4-12-7(9)5-6(8)11-12/h5,10H,2-4,9H2,1H3,(H2,8,11). The van der Waals surface area contributed by atoms with Crippen molar-refractivity contribution < 1.29 is 0 Å². The van der Waals surface area contributed by atoms with E-state index in [0.717, 1.165) is 19.6 Å². The lowest BCUT2D eigenvalue weighted by molar-refractivity contribution is 0.573. The molecule has 0 atom stereocenters. The Bertz CT molecular complexity index is 242. The highest BCUT2D eigenvalue weighted by Gasteiger charge is 1.99. The number of nitrogens with two attached hydrogens (primary N) is 2. The Hall–Kier alpha value is -1.23. The number of nitrogens with zero attached hydrogens (tertiary/aromatic N) is 2. The fourth-order valence-electron chi connectivity index (χ4n) is 0.993.